The number of nitrogens with one attached hydrogen (secondary N) is 1. The van der Waals surface area contributed by atoms with E-state index >= 15 is 0 Å². The smallest absolute Gasteiger partial charge is 0.251 e. The standard InChI is InChI=1S/C11H15NO3/c1-7-5-8(11(13)12-2)6-9(14-3)10(7)15-4/h5-6H,1-4H3,(H,12,13). The zero-order valence-corrected chi connectivity index (χ0v) is 9.38. The van der Waals surface area contributed by atoms with Gasteiger partial charge < -0.3 is 14.8 Å². The van der Waals surface area contributed by atoms with Gasteiger partial charge >= 0.3 is 0 Å². The van der Waals surface area contributed by atoms with Crippen LogP contribution in [0.1, 0.15) is 15.9 Å². The van der Waals surface area contributed by atoms with Crippen molar-refractivity contribution in [3.63, 3.8) is 0 Å². The molecule has 0 aliphatic rings. The average molecular weight is 209 g/mol. The van der Waals surface area contributed by atoms with Crippen LogP contribution in [0.5, 0.6) is 11.5 Å². The van der Waals surface area contributed by atoms with Gasteiger partial charge in [-0.1, -0.05) is 0 Å². The van der Waals surface area contributed by atoms with Gasteiger partial charge in [0.1, 0.15) is 0 Å². The maximum atomic E-state index is 11.4. The molecule has 0 fully saturated rings. The zero-order chi connectivity index (χ0) is 11.4. The molecule has 0 saturated carbocycles. The minimum Gasteiger partial charge on any atom is -0.493 e. The number of benzene rings is 1. The van der Waals surface area contributed by atoms with Gasteiger partial charge in [0.15, 0.2) is 11.5 Å². The van der Waals surface area contributed by atoms with Gasteiger partial charge in [0.05, 0.1) is 14.2 Å². The molecule has 4 heteroatoms. The lowest BCUT2D eigenvalue weighted by Gasteiger charge is -2.12. The summed E-state index contributed by atoms with van der Waals surface area (Å²) in [7, 11) is 4.71. The molecule has 0 atom stereocenters. The van der Waals surface area contributed by atoms with Crippen molar-refractivity contribution in [3.05, 3.63) is 23.3 Å². The Bertz CT molecular complexity index is 374. The summed E-state index contributed by atoms with van der Waals surface area (Å²) in [6.07, 6.45) is 0. The summed E-state index contributed by atoms with van der Waals surface area (Å²) in [5.41, 5.74) is 1.43. The lowest BCUT2D eigenvalue weighted by Crippen LogP contribution is -2.18. The number of amides is 1. The fraction of sp³-hybridized carbons (Fsp3) is 0.364. The summed E-state index contributed by atoms with van der Waals surface area (Å²) in [6.45, 7) is 1.87. The van der Waals surface area contributed by atoms with Gasteiger partial charge in [0, 0.05) is 12.6 Å². The van der Waals surface area contributed by atoms with Crippen molar-refractivity contribution in [2.24, 2.45) is 0 Å². The van der Waals surface area contributed by atoms with E-state index in [0.29, 0.717) is 17.1 Å². The second-order valence-corrected chi connectivity index (χ2v) is 3.11. The van der Waals surface area contributed by atoms with E-state index in [4.69, 9.17) is 9.47 Å². The highest BCUT2D eigenvalue weighted by atomic mass is 16.5. The third kappa shape index (κ3) is 2.21. The van der Waals surface area contributed by atoms with Crippen LogP contribution < -0.4 is 14.8 Å². The molecule has 0 heterocycles. The molecule has 15 heavy (non-hydrogen) atoms. The molecule has 0 aromatic heterocycles. The molecular formula is C11H15NO3. The first kappa shape index (κ1) is 11.4. The first-order valence-electron chi connectivity index (χ1n) is 4.58. The number of aryl methyl sites for hydroxylation is 1. The summed E-state index contributed by atoms with van der Waals surface area (Å²) in [5, 5.41) is 2.56. The summed E-state index contributed by atoms with van der Waals surface area (Å²) in [5.74, 6) is 1.08. The van der Waals surface area contributed by atoms with Crippen LogP contribution in [0.4, 0.5) is 0 Å². The predicted octanol–water partition coefficient (Wildman–Crippen LogP) is 1.37. The van der Waals surface area contributed by atoms with Gasteiger partial charge in [-0.3, -0.25) is 4.79 Å². The summed E-state index contributed by atoms with van der Waals surface area (Å²) < 4.78 is 10.3. The van der Waals surface area contributed by atoms with E-state index in [1.54, 1.807) is 33.4 Å². The van der Waals surface area contributed by atoms with Crippen LogP contribution in [0, 0.1) is 6.92 Å². The first-order chi connectivity index (χ1) is 7.13. The van der Waals surface area contributed by atoms with E-state index in [0.717, 1.165) is 5.56 Å². The number of methoxy groups -OCH3 is 2. The molecule has 0 radical (unpaired) electrons. The Morgan fingerprint density at radius 3 is 2.40 bits per heavy atom. The van der Waals surface area contributed by atoms with Crippen molar-refractivity contribution in [2.75, 3.05) is 21.3 Å². The molecule has 0 spiro atoms. The molecule has 0 unspecified atom stereocenters. The number of rotatable bonds is 3. The zero-order valence-electron chi connectivity index (χ0n) is 9.38. The topological polar surface area (TPSA) is 47.6 Å². The Morgan fingerprint density at radius 1 is 1.27 bits per heavy atom. The molecule has 82 valence electrons. The van der Waals surface area contributed by atoms with E-state index in [1.165, 1.54) is 0 Å². The number of carbonyl (C=O) groups is 1. The molecule has 0 aliphatic carbocycles. The van der Waals surface area contributed by atoms with Gasteiger partial charge in [0.25, 0.3) is 5.91 Å². The van der Waals surface area contributed by atoms with Crippen molar-refractivity contribution in [1.82, 2.24) is 5.32 Å². The molecule has 1 amide bonds. The van der Waals surface area contributed by atoms with Crippen LogP contribution in [0.2, 0.25) is 0 Å². The highest BCUT2D eigenvalue weighted by Gasteiger charge is 2.12. The average Bonchev–Trinajstić information content (AvgIpc) is 2.26. The van der Waals surface area contributed by atoms with E-state index in [-0.39, 0.29) is 5.91 Å². The predicted molar refractivity (Wildman–Crippen MR) is 57.7 cm³/mol. The molecule has 0 saturated heterocycles. The Morgan fingerprint density at radius 2 is 1.93 bits per heavy atom. The first-order valence-corrected chi connectivity index (χ1v) is 4.58. The Kier molecular flexibility index (Phi) is 3.55. The fourth-order valence-corrected chi connectivity index (χ4v) is 1.43. The monoisotopic (exact) mass is 209 g/mol. The highest BCUT2D eigenvalue weighted by Crippen LogP contribution is 2.31. The van der Waals surface area contributed by atoms with Crippen molar-refractivity contribution in [1.29, 1.82) is 0 Å². The van der Waals surface area contributed by atoms with Crippen LogP contribution >= 0.6 is 0 Å². The van der Waals surface area contributed by atoms with Gasteiger partial charge in [-0.2, -0.15) is 0 Å². The quantitative estimate of drug-likeness (QED) is 0.818. The van der Waals surface area contributed by atoms with Crippen LogP contribution in [-0.2, 0) is 0 Å². The third-order valence-electron chi connectivity index (χ3n) is 2.15. The second-order valence-electron chi connectivity index (χ2n) is 3.11. The minimum atomic E-state index is -0.140. The molecule has 4 nitrogen and oxygen atoms in total. The Balaban J connectivity index is 3.25. The fourth-order valence-electron chi connectivity index (χ4n) is 1.43. The lowest BCUT2D eigenvalue weighted by atomic mass is 10.1. The third-order valence-corrected chi connectivity index (χ3v) is 2.15. The van der Waals surface area contributed by atoms with Crippen LogP contribution in [-0.4, -0.2) is 27.2 Å². The molecule has 0 bridgehead atoms. The molecule has 0 aliphatic heterocycles. The van der Waals surface area contributed by atoms with E-state index in [1.807, 2.05) is 6.92 Å². The van der Waals surface area contributed by atoms with Gasteiger partial charge in [0.2, 0.25) is 0 Å². The summed E-state index contributed by atoms with van der Waals surface area (Å²) in [6, 6.07) is 3.42. The maximum Gasteiger partial charge on any atom is 0.251 e. The Hall–Kier alpha value is -1.71. The van der Waals surface area contributed by atoms with Gasteiger partial charge in [-0.05, 0) is 24.6 Å². The molecule has 1 rings (SSSR count). The van der Waals surface area contributed by atoms with Crippen molar-refractivity contribution < 1.29 is 14.3 Å². The number of hydrogen-bond acceptors (Lipinski definition) is 3. The number of ether oxygens (including phenoxy) is 2. The van der Waals surface area contributed by atoms with Crippen molar-refractivity contribution >= 4 is 5.91 Å². The molecule has 1 N–H and O–H groups in total. The SMILES string of the molecule is CNC(=O)c1cc(C)c(OC)c(OC)c1. The summed E-state index contributed by atoms with van der Waals surface area (Å²) >= 11 is 0. The molecular weight excluding hydrogens is 194 g/mol. The maximum absolute atomic E-state index is 11.4. The normalized spacial score (nSPS) is 9.60. The molecule has 1 aromatic carbocycles. The van der Waals surface area contributed by atoms with Crippen molar-refractivity contribution in [2.45, 2.75) is 6.92 Å². The van der Waals surface area contributed by atoms with E-state index < -0.39 is 0 Å². The lowest BCUT2D eigenvalue weighted by molar-refractivity contribution is 0.0962. The van der Waals surface area contributed by atoms with Crippen LogP contribution in [0.3, 0.4) is 0 Å². The van der Waals surface area contributed by atoms with Crippen LogP contribution in [0.25, 0.3) is 0 Å². The Labute approximate surface area is 89.2 Å². The highest BCUT2D eigenvalue weighted by molar-refractivity contribution is 5.95. The van der Waals surface area contributed by atoms with E-state index in [2.05, 4.69) is 5.32 Å². The number of hydrogen-bond donors (Lipinski definition) is 1. The van der Waals surface area contributed by atoms with Gasteiger partial charge in [-0.15, -0.1) is 0 Å². The summed E-state index contributed by atoms with van der Waals surface area (Å²) in [4.78, 5) is 11.4. The van der Waals surface area contributed by atoms with Crippen LogP contribution in [0.15, 0.2) is 12.1 Å². The second kappa shape index (κ2) is 4.68. The molecule has 1 aromatic rings. The van der Waals surface area contributed by atoms with Gasteiger partial charge in [-0.25, -0.2) is 0 Å². The largest absolute Gasteiger partial charge is 0.493 e. The van der Waals surface area contributed by atoms with E-state index in [9.17, 15) is 4.79 Å². The number of carbonyl (C=O) groups excluding carboxylic acids is 1. The minimum absolute atomic E-state index is 0.140. The van der Waals surface area contributed by atoms with Crippen molar-refractivity contribution in [3.8, 4) is 11.5 Å².